The van der Waals surface area contributed by atoms with E-state index in [2.05, 4.69) is 25.4 Å². The number of benzene rings is 2. The molecular weight excluding hydrogens is 363 g/mol. The second kappa shape index (κ2) is 6.33. The molecule has 0 amide bonds. The average molecular weight is 374 g/mol. The fraction of sp³-hybridized carbons (Fsp3) is 0. The second-order valence-electron chi connectivity index (χ2n) is 5.81. The summed E-state index contributed by atoms with van der Waals surface area (Å²) in [6, 6.07) is 18.2. The fourth-order valence-corrected chi connectivity index (χ4v) is 3.79. The van der Waals surface area contributed by atoms with E-state index >= 15 is 0 Å². The van der Waals surface area contributed by atoms with Gasteiger partial charge in [-0.25, -0.2) is 14.4 Å². The van der Waals surface area contributed by atoms with Gasteiger partial charge in [-0.3, -0.25) is 0 Å². The number of hydrogen-bond acceptors (Lipinski definition) is 6. The highest BCUT2D eigenvalue weighted by molar-refractivity contribution is 7.21. The lowest BCUT2D eigenvalue weighted by Crippen LogP contribution is -2.02. The maximum atomic E-state index is 13.5. The number of thiophene rings is 1. The Kier molecular flexibility index (Phi) is 3.68. The first-order valence-corrected chi connectivity index (χ1v) is 8.96. The predicted octanol–water partition coefficient (Wildman–Crippen LogP) is 4.14. The molecule has 0 atom stereocenters. The van der Waals surface area contributed by atoms with Gasteiger partial charge in [0.15, 0.2) is 5.82 Å². The molecule has 0 bridgehead atoms. The second-order valence-corrected chi connectivity index (χ2v) is 6.84. The summed E-state index contributed by atoms with van der Waals surface area (Å²) >= 11 is 1.57. The van der Waals surface area contributed by atoms with E-state index in [1.54, 1.807) is 23.5 Å². The molecule has 0 aliphatic heterocycles. The average Bonchev–Trinajstić information content (AvgIpc) is 3.36. The monoisotopic (exact) mass is 374 g/mol. The Bertz CT molecular complexity index is 1250. The third-order valence-electron chi connectivity index (χ3n) is 4.05. The lowest BCUT2D eigenvalue weighted by atomic mass is 10.2. The molecule has 130 valence electrons. The molecule has 2 aromatic carbocycles. The molecule has 27 heavy (non-hydrogen) atoms. The molecule has 0 aliphatic carbocycles. The van der Waals surface area contributed by atoms with Gasteiger partial charge in [0, 0.05) is 10.4 Å². The van der Waals surface area contributed by atoms with Crippen LogP contribution in [0.4, 0.5) is 4.39 Å². The molecule has 0 spiro atoms. The summed E-state index contributed by atoms with van der Waals surface area (Å²) in [5.41, 5.74) is 1.67. The maximum absolute atomic E-state index is 13.5. The lowest BCUT2D eigenvalue weighted by molar-refractivity contribution is 0.628. The number of fused-ring (bicyclic) bond motifs is 1. The predicted molar refractivity (Wildman–Crippen MR) is 101 cm³/mol. The quantitative estimate of drug-likeness (QED) is 0.475. The minimum Gasteiger partial charge on any atom is -0.225 e. The highest BCUT2D eigenvalue weighted by Gasteiger charge is 2.15. The van der Waals surface area contributed by atoms with Crippen molar-refractivity contribution in [2.24, 2.45) is 0 Å². The Hall–Kier alpha value is -3.52. The van der Waals surface area contributed by atoms with Gasteiger partial charge in [0.2, 0.25) is 5.82 Å². The van der Waals surface area contributed by atoms with Crippen molar-refractivity contribution in [1.29, 1.82) is 0 Å². The van der Waals surface area contributed by atoms with Crippen molar-refractivity contribution in [3.8, 4) is 27.6 Å². The van der Waals surface area contributed by atoms with E-state index in [9.17, 15) is 4.39 Å². The molecule has 0 N–H and O–H groups in total. The first kappa shape index (κ1) is 15.7. The van der Waals surface area contributed by atoms with Gasteiger partial charge < -0.3 is 0 Å². The van der Waals surface area contributed by atoms with Crippen LogP contribution >= 0.6 is 11.3 Å². The number of tetrazole rings is 1. The van der Waals surface area contributed by atoms with Crippen LogP contribution in [0.1, 0.15) is 0 Å². The maximum Gasteiger partial charge on any atom is 0.205 e. The van der Waals surface area contributed by atoms with Crippen molar-refractivity contribution >= 4 is 21.6 Å². The van der Waals surface area contributed by atoms with E-state index in [-0.39, 0.29) is 5.82 Å². The van der Waals surface area contributed by atoms with E-state index in [0.29, 0.717) is 17.2 Å². The zero-order chi connectivity index (χ0) is 18.2. The van der Waals surface area contributed by atoms with Crippen LogP contribution in [-0.2, 0) is 0 Å². The summed E-state index contributed by atoms with van der Waals surface area (Å²) in [5.74, 6) is 0.520. The van der Waals surface area contributed by atoms with Gasteiger partial charge in [-0.05, 0) is 29.0 Å². The minimum atomic E-state index is -0.349. The zero-order valence-electron chi connectivity index (χ0n) is 13.8. The standard InChI is InChI=1S/C19H11FN6S/c20-14-8-4-7-13(9-14)17-23-25-26(24-17)18-15-10-16(12-5-2-1-3-6-12)27-19(15)22-11-21-18/h1-11H. The Labute approximate surface area is 157 Å². The van der Waals surface area contributed by atoms with Gasteiger partial charge in [-0.15, -0.1) is 26.3 Å². The van der Waals surface area contributed by atoms with Gasteiger partial charge in [-0.2, -0.15) is 0 Å². The van der Waals surface area contributed by atoms with Gasteiger partial charge in [0.25, 0.3) is 0 Å². The molecule has 0 radical (unpaired) electrons. The van der Waals surface area contributed by atoms with Crippen LogP contribution in [0.2, 0.25) is 0 Å². The smallest absolute Gasteiger partial charge is 0.205 e. The summed E-state index contributed by atoms with van der Waals surface area (Å²) < 4.78 is 13.5. The van der Waals surface area contributed by atoms with Gasteiger partial charge >= 0.3 is 0 Å². The Morgan fingerprint density at radius 2 is 1.74 bits per heavy atom. The highest BCUT2D eigenvalue weighted by atomic mass is 32.1. The molecule has 0 fully saturated rings. The topological polar surface area (TPSA) is 69.4 Å². The van der Waals surface area contributed by atoms with E-state index in [1.165, 1.54) is 23.3 Å². The van der Waals surface area contributed by atoms with Crippen LogP contribution in [-0.4, -0.2) is 30.2 Å². The number of rotatable bonds is 3. The normalized spacial score (nSPS) is 11.1. The van der Waals surface area contributed by atoms with Crippen molar-refractivity contribution in [3.05, 3.63) is 72.8 Å². The summed E-state index contributed by atoms with van der Waals surface area (Å²) in [7, 11) is 0. The first-order valence-electron chi connectivity index (χ1n) is 8.14. The Morgan fingerprint density at radius 3 is 2.59 bits per heavy atom. The molecule has 6 nitrogen and oxygen atoms in total. The van der Waals surface area contributed by atoms with Gasteiger partial charge in [-0.1, -0.05) is 42.5 Å². The van der Waals surface area contributed by atoms with Gasteiger partial charge in [0.05, 0.1) is 5.39 Å². The van der Waals surface area contributed by atoms with Crippen molar-refractivity contribution in [2.45, 2.75) is 0 Å². The summed E-state index contributed by atoms with van der Waals surface area (Å²) in [5, 5.41) is 13.3. The van der Waals surface area contributed by atoms with Crippen molar-refractivity contribution in [3.63, 3.8) is 0 Å². The van der Waals surface area contributed by atoms with Crippen LogP contribution < -0.4 is 0 Å². The summed E-state index contributed by atoms with van der Waals surface area (Å²) in [6.07, 6.45) is 1.48. The lowest BCUT2D eigenvalue weighted by Gasteiger charge is -1.98. The van der Waals surface area contributed by atoms with E-state index in [0.717, 1.165) is 20.7 Å². The van der Waals surface area contributed by atoms with Crippen LogP contribution in [0.15, 0.2) is 67.0 Å². The number of nitrogens with zero attached hydrogens (tertiary/aromatic N) is 6. The SMILES string of the molecule is Fc1cccc(-c2nnn(-c3ncnc4sc(-c5ccccc5)cc34)n2)c1. The largest absolute Gasteiger partial charge is 0.225 e. The molecular formula is C19H11FN6S. The molecule has 3 aromatic heterocycles. The van der Waals surface area contributed by atoms with E-state index < -0.39 is 0 Å². The minimum absolute atomic E-state index is 0.333. The third-order valence-corrected chi connectivity index (χ3v) is 5.14. The number of aromatic nitrogens is 6. The molecule has 5 rings (SSSR count). The molecule has 0 saturated heterocycles. The van der Waals surface area contributed by atoms with Crippen LogP contribution in [0.5, 0.6) is 0 Å². The molecule has 0 aliphatic rings. The third kappa shape index (κ3) is 2.85. The van der Waals surface area contributed by atoms with Crippen LogP contribution in [0.3, 0.4) is 0 Å². The van der Waals surface area contributed by atoms with Crippen LogP contribution in [0, 0.1) is 5.82 Å². The molecule has 0 saturated carbocycles. The van der Waals surface area contributed by atoms with Crippen molar-refractivity contribution in [1.82, 2.24) is 30.2 Å². The Balaban J connectivity index is 1.60. The molecule has 8 heteroatoms. The first-order chi connectivity index (χ1) is 13.3. The molecule has 0 unspecified atom stereocenters. The zero-order valence-corrected chi connectivity index (χ0v) is 14.6. The van der Waals surface area contributed by atoms with Crippen LogP contribution in [0.25, 0.3) is 37.9 Å². The van der Waals surface area contributed by atoms with E-state index in [1.807, 2.05) is 36.4 Å². The number of halogens is 1. The highest BCUT2D eigenvalue weighted by Crippen LogP contribution is 2.34. The molecule has 3 heterocycles. The number of hydrogen-bond donors (Lipinski definition) is 0. The van der Waals surface area contributed by atoms with Gasteiger partial charge in [0.1, 0.15) is 17.0 Å². The summed E-state index contributed by atoms with van der Waals surface area (Å²) in [4.78, 5) is 12.0. The van der Waals surface area contributed by atoms with Crippen molar-refractivity contribution in [2.75, 3.05) is 0 Å². The summed E-state index contributed by atoms with van der Waals surface area (Å²) in [6.45, 7) is 0. The van der Waals surface area contributed by atoms with Crippen molar-refractivity contribution < 1.29 is 4.39 Å². The fourth-order valence-electron chi connectivity index (χ4n) is 2.79. The molecule has 5 aromatic rings. The Morgan fingerprint density at radius 1 is 0.889 bits per heavy atom. The van der Waals surface area contributed by atoms with E-state index in [4.69, 9.17) is 0 Å².